The molecule has 0 unspecified atom stereocenters. The third-order valence-electron chi connectivity index (χ3n) is 4.54. The summed E-state index contributed by atoms with van der Waals surface area (Å²) >= 11 is 0. The molecule has 4 rings (SSSR count). The largest absolute Gasteiger partial charge is 0.494 e. The third kappa shape index (κ3) is 2.49. The normalized spacial score (nSPS) is 20.4. The van der Waals surface area contributed by atoms with Gasteiger partial charge in [-0.25, -0.2) is 0 Å². The minimum atomic E-state index is -0.00803. The quantitative estimate of drug-likeness (QED) is 0.799. The van der Waals surface area contributed by atoms with Gasteiger partial charge >= 0.3 is 0 Å². The Hall–Kier alpha value is -2.60. The Labute approximate surface area is 140 Å². The number of ether oxygens (including phenoxy) is 2. The number of para-hydroxylation sites is 1. The summed E-state index contributed by atoms with van der Waals surface area (Å²) in [5, 5.41) is 8.95. The number of pyridine rings is 1. The van der Waals surface area contributed by atoms with Crippen molar-refractivity contribution in [2.45, 2.75) is 18.6 Å². The summed E-state index contributed by atoms with van der Waals surface area (Å²) in [7, 11) is 3.61. The van der Waals surface area contributed by atoms with Gasteiger partial charge in [0.25, 0.3) is 0 Å². The van der Waals surface area contributed by atoms with Crippen LogP contribution in [-0.2, 0) is 11.8 Å². The van der Waals surface area contributed by atoms with Crippen LogP contribution in [0.25, 0.3) is 10.9 Å². The van der Waals surface area contributed by atoms with Crippen molar-refractivity contribution in [2.24, 2.45) is 7.05 Å². The zero-order valence-corrected chi connectivity index (χ0v) is 13.8. The van der Waals surface area contributed by atoms with Crippen molar-refractivity contribution in [3.63, 3.8) is 0 Å². The Balaban J connectivity index is 1.68. The highest BCUT2D eigenvalue weighted by Gasteiger charge is 2.31. The van der Waals surface area contributed by atoms with Crippen molar-refractivity contribution < 1.29 is 9.47 Å². The lowest BCUT2D eigenvalue weighted by Gasteiger charge is -2.22. The van der Waals surface area contributed by atoms with E-state index >= 15 is 0 Å². The first-order chi connectivity index (χ1) is 11.8. The Bertz CT molecular complexity index is 861. The molecule has 3 aromatic rings. The fourth-order valence-corrected chi connectivity index (χ4v) is 3.33. The highest BCUT2D eigenvalue weighted by molar-refractivity contribution is 5.94. The van der Waals surface area contributed by atoms with Crippen LogP contribution in [0.2, 0.25) is 0 Å². The Morgan fingerprint density at radius 1 is 1.25 bits per heavy atom. The number of nitrogens with one attached hydrogen (secondary N) is 1. The highest BCUT2D eigenvalue weighted by Crippen LogP contribution is 2.34. The lowest BCUT2D eigenvalue weighted by atomic mass is 10.1. The van der Waals surface area contributed by atoms with E-state index in [-0.39, 0.29) is 12.1 Å². The van der Waals surface area contributed by atoms with Crippen molar-refractivity contribution in [2.75, 3.05) is 19.0 Å². The van der Waals surface area contributed by atoms with Crippen molar-refractivity contribution in [1.82, 2.24) is 14.8 Å². The predicted molar refractivity (Wildman–Crippen MR) is 92.2 cm³/mol. The van der Waals surface area contributed by atoms with Gasteiger partial charge in [0.1, 0.15) is 17.4 Å². The van der Waals surface area contributed by atoms with Crippen LogP contribution >= 0.6 is 0 Å². The SMILES string of the molecule is COc1cccc2c(N[C@H]3CCO[C@@H]3c3ccnn3C)ccnc12. The van der Waals surface area contributed by atoms with Crippen LogP contribution in [0.15, 0.2) is 42.7 Å². The second-order valence-corrected chi connectivity index (χ2v) is 5.93. The van der Waals surface area contributed by atoms with Gasteiger partial charge in [-0.3, -0.25) is 9.67 Å². The maximum atomic E-state index is 5.96. The topological polar surface area (TPSA) is 61.2 Å². The van der Waals surface area contributed by atoms with Gasteiger partial charge in [0.15, 0.2) is 0 Å². The molecule has 1 aliphatic rings. The number of anilines is 1. The number of hydrogen-bond acceptors (Lipinski definition) is 5. The third-order valence-corrected chi connectivity index (χ3v) is 4.54. The molecule has 0 amide bonds. The molecule has 2 atom stereocenters. The van der Waals surface area contributed by atoms with E-state index in [0.29, 0.717) is 0 Å². The Morgan fingerprint density at radius 2 is 2.17 bits per heavy atom. The lowest BCUT2D eigenvalue weighted by molar-refractivity contribution is 0.101. The highest BCUT2D eigenvalue weighted by atomic mass is 16.5. The van der Waals surface area contributed by atoms with Crippen molar-refractivity contribution in [3.05, 3.63) is 48.4 Å². The van der Waals surface area contributed by atoms with E-state index in [2.05, 4.69) is 21.5 Å². The molecule has 124 valence electrons. The first-order valence-corrected chi connectivity index (χ1v) is 8.05. The fourth-order valence-electron chi connectivity index (χ4n) is 3.33. The predicted octanol–water partition coefficient (Wildman–Crippen LogP) is 2.92. The molecule has 24 heavy (non-hydrogen) atoms. The molecule has 0 bridgehead atoms. The molecular formula is C18H20N4O2. The zero-order valence-electron chi connectivity index (χ0n) is 13.8. The zero-order chi connectivity index (χ0) is 16.5. The summed E-state index contributed by atoms with van der Waals surface area (Å²) in [4.78, 5) is 4.46. The number of benzene rings is 1. The van der Waals surface area contributed by atoms with E-state index in [1.54, 1.807) is 13.3 Å². The average Bonchev–Trinajstić information content (AvgIpc) is 3.23. The van der Waals surface area contributed by atoms with Crippen molar-refractivity contribution >= 4 is 16.6 Å². The molecule has 0 saturated carbocycles. The maximum absolute atomic E-state index is 5.96. The Kier molecular flexibility index (Phi) is 3.82. The van der Waals surface area contributed by atoms with Gasteiger partial charge in [0.2, 0.25) is 0 Å². The van der Waals surface area contributed by atoms with Crippen LogP contribution in [0.3, 0.4) is 0 Å². The van der Waals surface area contributed by atoms with E-state index in [9.17, 15) is 0 Å². The number of aryl methyl sites for hydroxylation is 1. The van der Waals surface area contributed by atoms with E-state index < -0.39 is 0 Å². The number of nitrogens with zero attached hydrogens (tertiary/aromatic N) is 3. The monoisotopic (exact) mass is 324 g/mol. The molecule has 0 radical (unpaired) electrons. The summed E-state index contributed by atoms with van der Waals surface area (Å²) in [6.07, 6.45) is 4.55. The van der Waals surface area contributed by atoms with Gasteiger partial charge in [-0.05, 0) is 24.6 Å². The van der Waals surface area contributed by atoms with Crippen LogP contribution < -0.4 is 10.1 Å². The summed E-state index contributed by atoms with van der Waals surface area (Å²) < 4.78 is 13.3. The molecule has 6 nitrogen and oxygen atoms in total. The average molecular weight is 324 g/mol. The van der Waals surface area contributed by atoms with Crippen LogP contribution in [0, 0.1) is 0 Å². The van der Waals surface area contributed by atoms with Crippen LogP contribution in [-0.4, -0.2) is 34.5 Å². The van der Waals surface area contributed by atoms with Gasteiger partial charge in [0.05, 0.1) is 18.8 Å². The first-order valence-electron chi connectivity index (χ1n) is 8.05. The summed E-state index contributed by atoms with van der Waals surface area (Å²) in [5.74, 6) is 0.780. The van der Waals surface area contributed by atoms with Crippen molar-refractivity contribution in [1.29, 1.82) is 0 Å². The molecule has 3 heterocycles. The van der Waals surface area contributed by atoms with Gasteiger partial charge in [-0.1, -0.05) is 12.1 Å². The van der Waals surface area contributed by atoms with E-state index in [1.165, 1.54) is 0 Å². The fraction of sp³-hybridized carbons (Fsp3) is 0.333. The van der Waals surface area contributed by atoms with Gasteiger partial charge in [0, 0.05) is 37.1 Å². The van der Waals surface area contributed by atoms with E-state index in [1.807, 2.05) is 42.2 Å². The van der Waals surface area contributed by atoms with Gasteiger partial charge in [-0.15, -0.1) is 0 Å². The number of fused-ring (bicyclic) bond motifs is 1. The second kappa shape index (κ2) is 6.13. The number of rotatable bonds is 4. The minimum absolute atomic E-state index is 0.00803. The van der Waals surface area contributed by atoms with Crippen LogP contribution in [0.1, 0.15) is 18.2 Å². The minimum Gasteiger partial charge on any atom is -0.494 e. The van der Waals surface area contributed by atoms with Crippen LogP contribution in [0.4, 0.5) is 5.69 Å². The molecule has 6 heteroatoms. The van der Waals surface area contributed by atoms with Crippen LogP contribution in [0.5, 0.6) is 5.75 Å². The smallest absolute Gasteiger partial charge is 0.145 e. The molecule has 1 saturated heterocycles. The molecule has 2 aromatic heterocycles. The first kappa shape index (κ1) is 15.0. The van der Waals surface area contributed by atoms with E-state index in [0.717, 1.165) is 41.1 Å². The Morgan fingerprint density at radius 3 is 2.96 bits per heavy atom. The summed E-state index contributed by atoms with van der Waals surface area (Å²) in [5.41, 5.74) is 2.99. The molecular weight excluding hydrogens is 304 g/mol. The molecule has 1 N–H and O–H groups in total. The van der Waals surface area contributed by atoms with Gasteiger partial charge in [-0.2, -0.15) is 5.10 Å². The summed E-state index contributed by atoms with van der Waals surface area (Å²) in [6, 6.07) is 10.2. The maximum Gasteiger partial charge on any atom is 0.145 e. The number of methoxy groups -OCH3 is 1. The summed E-state index contributed by atoms with van der Waals surface area (Å²) in [6.45, 7) is 0.736. The van der Waals surface area contributed by atoms with E-state index in [4.69, 9.17) is 9.47 Å². The van der Waals surface area contributed by atoms with Crippen molar-refractivity contribution in [3.8, 4) is 5.75 Å². The lowest BCUT2D eigenvalue weighted by Crippen LogP contribution is -2.25. The standard InChI is InChI=1S/C18H20N4O2/c1-22-15(7-10-20-22)18-14(8-11-24-18)21-13-6-9-19-17-12(13)4-3-5-16(17)23-2/h3-7,9-10,14,18H,8,11H2,1-2H3,(H,19,21)/t14-,18-/m0/s1. The molecule has 0 aliphatic carbocycles. The molecule has 1 fully saturated rings. The molecule has 1 aliphatic heterocycles. The number of hydrogen-bond donors (Lipinski definition) is 1. The number of aromatic nitrogens is 3. The molecule has 1 aromatic carbocycles. The molecule has 0 spiro atoms. The second-order valence-electron chi connectivity index (χ2n) is 5.93. The van der Waals surface area contributed by atoms with Gasteiger partial charge < -0.3 is 14.8 Å².